The lowest BCUT2D eigenvalue weighted by molar-refractivity contribution is 0.374. The minimum atomic E-state index is -0.904. The standard InChI is InChI=1S/C8H8F2.C6H5F2O/c1-2-6-4-3-5-7(9)8(6)10;7-4-1-2-6(9)5(8)3-4/h3-5H,2H2,1H3;2-3,9H,1H2. The molecule has 0 spiro atoms. The van der Waals surface area contributed by atoms with Gasteiger partial charge in [0, 0.05) is 6.42 Å². The number of allylic oxidation sites excluding steroid dienone is 3. The van der Waals surface area contributed by atoms with Crippen molar-refractivity contribution in [2.75, 3.05) is 0 Å². The van der Waals surface area contributed by atoms with Gasteiger partial charge in [-0.3, -0.25) is 0 Å². The van der Waals surface area contributed by atoms with E-state index in [1.807, 2.05) is 0 Å². The molecule has 1 aromatic carbocycles. The van der Waals surface area contributed by atoms with E-state index in [-0.39, 0.29) is 6.42 Å². The van der Waals surface area contributed by atoms with Crippen molar-refractivity contribution < 1.29 is 22.7 Å². The molecular weight excluding hydrogens is 260 g/mol. The van der Waals surface area contributed by atoms with Crippen LogP contribution in [-0.2, 0) is 6.42 Å². The second-order valence-electron chi connectivity index (χ2n) is 3.80. The number of halogens is 4. The maximum atomic E-state index is 12.6. The zero-order valence-corrected chi connectivity index (χ0v) is 10.3. The average molecular weight is 273 g/mol. The molecular formula is C14H13F4O. The van der Waals surface area contributed by atoms with Crippen LogP contribution < -0.4 is 0 Å². The second-order valence-corrected chi connectivity index (χ2v) is 3.80. The molecule has 1 aliphatic carbocycles. The third-order valence-electron chi connectivity index (χ3n) is 2.43. The smallest absolute Gasteiger partial charge is 0.173 e. The number of rotatable bonds is 1. The van der Waals surface area contributed by atoms with Gasteiger partial charge in [-0.05, 0) is 30.2 Å². The first-order chi connectivity index (χ1) is 8.95. The normalized spacial score (nSPS) is 15.2. The summed E-state index contributed by atoms with van der Waals surface area (Å²) in [5.74, 6) is -2.86. The van der Waals surface area contributed by atoms with Gasteiger partial charge in [0.15, 0.2) is 23.6 Å². The molecule has 0 unspecified atom stereocenters. The second kappa shape index (κ2) is 6.97. The summed E-state index contributed by atoms with van der Waals surface area (Å²) in [6.07, 6.45) is 1.72. The SMILES string of the molecule is CCc1cccc(F)c1F.OC1=CC[C](F)C=C1F. The van der Waals surface area contributed by atoms with Crippen molar-refractivity contribution in [1.29, 1.82) is 0 Å². The fraction of sp³-hybridized carbons (Fsp3) is 0.214. The van der Waals surface area contributed by atoms with E-state index in [9.17, 15) is 17.6 Å². The highest BCUT2D eigenvalue weighted by Gasteiger charge is 2.14. The van der Waals surface area contributed by atoms with Crippen LogP contribution in [0.4, 0.5) is 17.6 Å². The van der Waals surface area contributed by atoms with Crippen LogP contribution in [0.15, 0.2) is 41.9 Å². The van der Waals surface area contributed by atoms with Crippen LogP contribution in [-0.4, -0.2) is 5.11 Å². The zero-order valence-electron chi connectivity index (χ0n) is 10.3. The maximum Gasteiger partial charge on any atom is 0.173 e. The summed E-state index contributed by atoms with van der Waals surface area (Å²) < 4.78 is 49.2. The van der Waals surface area contributed by atoms with E-state index < -0.39 is 29.4 Å². The van der Waals surface area contributed by atoms with Gasteiger partial charge in [0.1, 0.15) is 5.76 Å². The lowest BCUT2D eigenvalue weighted by Gasteiger charge is -2.04. The highest BCUT2D eigenvalue weighted by Crippen LogP contribution is 2.23. The molecule has 1 N–H and O–H groups in total. The van der Waals surface area contributed by atoms with Crippen LogP contribution in [0, 0.1) is 17.8 Å². The molecule has 0 saturated heterocycles. The van der Waals surface area contributed by atoms with Crippen molar-refractivity contribution in [3.05, 3.63) is 65.3 Å². The maximum absolute atomic E-state index is 12.6. The van der Waals surface area contributed by atoms with E-state index in [1.54, 1.807) is 13.0 Å². The molecule has 0 aromatic heterocycles. The molecule has 1 aliphatic rings. The number of hydrogen-bond acceptors (Lipinski definition) is 1. The fourth-order valence-corrected chi connectivity index (χ4v) is 1.38. The van der Waals surface area contributed by atoms with Gasteiger partial charge in [-0.15, -0.1) is 0 Å². The highest BCUT2D eigenvalue weighted by atomic mass is 19.2. The number of aryl methyl sites for hydroxylation is 1. The predicted molar refractivity (Wildman–Crippen MR) is 64.6 cm³/mol. The third kappa shape index (κ3) is 4.43. The predicted octanol–water partition coefficient (Wildman–Crippen LogP) is 4.71. The summed E-state index contributed by atoms with van der Waals surface area (Å²) in [6.45, 7) is 1.79. The van der Waals surface area contributed by atoms with Crippen LogP contribution in [0.2, 0.25) is 0 Å². The van der Waals surface area contributed by atoms with Gasteiger partial charge in [0.25, 0.3) is 0 Å². The summed E-state index contributed by atoms with van der Waals surface area (Å²) in [5.41, 5.74) is 0.431. The summed E-state index contributed by atoms with van der Waals surface area (Å²) in [7, 11) is 0. The minimum Gasteiger partial charge on any atom is -0.505 e. The molecule has 0 heterocycles. The Morgan fingerprint density at radius 2 is 1.84 bits per heavy atom. The summed E-state index contributed by atoms with van der Waals surface area (Å²) in [4.78, 5) is 0. The van der Waals surface area contributed by atoms with Gasteiger partial charge < -0.3 is 5.11 Å². The lowest BCUT2D eigenvalue weighted by atomic mass is 10.1. The minimum absolute atomic E-state index is 0.0146. The van der Waals surface area contributed by atoms with Crippen molar-refractivity contribution in [2.24, 2.45) is 0 Å². The van der Waals surface area contributed by atoms with Crippen molar-refractivity contribution in [3.8, 4) is 0 Å². The molecule has 1 radical (unpaired) electrons. The van der Waals surface area contributed by atoms with Gasteiger partial charge in [-0.25, -0.2) is 17.6 Å². The Labute approximate surface area is 108 Å². The average Bonchev–Trinajstić information content (AvgIpc) is 2.38. The molecule has 0 fully saturated rings. The first kappa shape index (κ1) is 15.3. The fourth-order valence-electron chi connectivity index (χ4n) is 1.38. The van der Waals surface area contributed by atoms with Gasteiger partial charge in [0.05, 0.1) is 0 Å². The van der Waals surface area contributed by atoms with Crippen molar-refractivity contribution >= 4 is 0 Å². The molecule has 5 heteroatoms. The quantitative estimate of drug-likeness (QED) is 0.734. The molecule has 103 valence electrons. The number of benzene rings is 1. The molecule has 1 aromatic rings. The Hall–Kier alpha value is -1.78. The summed E-state index contributed by atoms with van der Waals surface area (Å²) in [6, 6.07) is 4.21. The Kier molecular flexibility index (Phi) is 5.60. The van der Waals surface area contributed by atoms with Crippen LogP contribution in [0.1, 0.15) is 18.9 Å². The first-order valence-corrected chi connectivity index (χ1v) is 5.66. The molecule has 0 bridgehead atoms. The summed E-state index contributed by atoms with van der Waals surface area (Å²) in [5, 5.41) is 8.53. The molecule has 1 nitrogen and oxygen atoms in total. The van der Waals surface area contributed by atoms with Gasteiger partial charge in [-0.2, -0.15) is 0 Å². The van der Waals surface area contributed by atoms with Crippen LogP contribution >= 0.6 is 0 Å². The molecule has 2 rings (SSSR count). The van der Waals surface area contributed by atoms with E-state index in [4.69, 9.17) is 5.11 Å². The Balaban J connectivity index is 0.000000191. The van der Waals surface area contributed by atoms with Crippen molar-refractivity contribution in [1.82, 2.24) is 0 Å². The van der Waals surface area contributed by atoms with Crippen LogP contribution in [0.25, 0.3) is 0 Å². The van der Waals surface area contributed by atoms with Gasteiger partial charge >= 0.3 is 0 Å². The van der Waals surface area contributed by atoms with Gasteiger partial charge in [0.2, 0.25) is 0 Å². The Morgan fingerprint density at radius 3 is 2.32 bits per heavy atom. The van der Waals surface area contributed by atoms with Gasteiger partial charge in [-0.1, -0.05) is 19.1 Å². The van der Waals surface area contributed by atoms with Crippen molar-refractivity contribution in [2.45, 2.75) is 19.8 Å². The summed E-state index contributed by atoms with van der Waals surface area (Å²) >= 11 is 0. The van der Waals surface area contributed by atoms with E-state index >= 15 is 0 Å². The molecule has 0 saturated carbocycles. The Bertz CT molecular complexity index is 494. The highest BCUT2D eigenvalue weighted by molar-refractivity contribution is 5.29. The van der Waals surface area contributed by atoms with Crippen molar-refractivity contribution in [3.63, 3.8) is 0 Å². The van der Waals surface area contributed by atoms with E-state index in [0.717, 1.165) is 12.1 Å². The van der Waals surface area contributed by atoms with Crippen LogP contribution in [0.5, 0.6) is 0 Å². The largest absolute Gasteiger partial charge is 0.505 e. The zero-order chi connectivity index (χ0) is 14.4. The first-order valence-electron chi connectivity index (χ1n) is 5.66. The molecule has 0 atom stereocenters. The van der Waals surface area contributed by atoms with E-state index in [1.165, 1.54) is 6.07 Å². The number of aliphatic hydroxyl groups is 1. The topological polar surface area (TPSA) is 20.2 Å². The van der Waals surface area contributed by atoms with E-state index in [0.29, 0.717) is 18.1 Å². The third-order valence-corrected chi connectivity index (χ3v) is 2.43. The molecule has 19 heavy (non-hydrogen) atoms. The van der Waals surface area contributed by atoms with E-state index in [2.05, 4.69) is 0 Å². The Morgan fingerprint density at radius 1 is 1.16 bits per heavy atom. The monoisotopic (exact) mass is 273 g/mol. The van der Waals surface area contributed by atoms with Crippen LogP contribution in [0.3, 0.4) is 0 Å². The molecule has 0 aliphatic heterocycles. The molecule has 0 amide bonds. The lowest BCUT2D eigenvalue weighted by Crippen LogP contribution is -1.94. The number of hydrogen-bond donors (Lipinski definition) is 1. The number of aliphatic hydroxyl groups excluding tert-OH is 1.